The number of amides is 2. The fourth-order valence-electron chi connectivity index (χ4n) is 4.52. The molecule has 2 fully saturated rings. The molecule has 2 aliphatic heterocycles. The van der Waals surface area contributed by atoms with Crippen molar-refractivity contribution >= 4 is 11.8 Å². The highest BCUT2D eigenvalue weighted by molar-refractivity contribution is 5.89. The van der Waals surface area contributed by atoms with E-state index in [0.717, 1.165) is 38.2 Å². The molecular weight excluding hydrogens is 409 g/mol. The number of nitrogens with one attached hydrogen (secondary N) is 1. The Balaban J connectivity index is 1.28. The summed E-state index contributed by atoms with van der Waals surface area (Å²) >= 11 is 0. The molecule has 1 atom stereocenters. The van der Waals surface area contributed by atoms with E-state index in [-0.39, 0.29) is 36.0 Å². The summed E-state index contributed by atoms with van der Waals surface area (Å²) in [7, 11) is 1.88. The Morgan fingerprint density at radius 1 is 1.31 bits per heavy atom. The number of hydrogen-bond donors (Lipinski definition) is 1. The van der Waals surface area contributed by atoms with Crippen LogP contribution in [-0.2, 0) is 23.2 Å². The summed E-state index contributed by atoms with van der Waals surface area (Å²) in [6.45, 7) is 7.08. The number of carbonyl (C=O) groups is 2. The Kier molecular flexibility index (Phi) is 6.69. The number of hydrogen-bond acceptors (Lipinski definition) is 4. The van der Waals surface area contributed by atoms with Crippen molar-refractivity contribution in [2.24, 2.45) is 13.0 Å². The lowest BCUT2D eigenvalue weighted by atomic mass is 10.0. The Hall–Kier alpha value is -3.00. The van der Waals surface area contributed by atoms with E-state index < -0.39 is 0 Å². The van der Waals surface area contributed by atoms with Crippen LogP contribution >= 0.6 is 0 Å². The monoisotopic (exact) mass is 439 g/mol. The lowest BCUT2D eigenvalue weighted by Crippen LogP contribution is -2.46. The highest BCUT2D eigenvalue weighted by Crippen LogP contribution is 2.24. The number of aromatic nitrogens is 2. The van der Waals surface area contributed by atoms with Crippen molar-refractivity contribution in [2.75, 3.05) is 26.2 Å². The summed E-state index contributed by atoms with van der Waals surface area (Å²) in [5.41, 5.74) is 2.17. The third-order valence-electron chi connectivity index (χ3n) is 6.38. The minimum Gasteiger partial charge on any atom is -0.353 e. The third kappa shape index (κ3) is 4.91. The van der Waals surface area contributed by atoms with Crippen LogP contribution in [0.3, 0.4) is 0 Å². The van der Waals surface area contributed by atoms with Gasteiger partial charge >= 0.3 is 0 Å². The smallest absolute Gasteiger partial charge is 0.225 e. The standard InChI is InChI=1S/C24H30FN5O2/c1-3-10-30-15-17(13-23(30)31)24(32)26-18-8-11-29(12-9-18)16-19-14-22(27-28(19)2)20-6-4-5-7-21(20)25/h3-7,14,17-18H,1,8-13,15-16H2,2H3,(H,26,32)/t17-/m0/s1. The van der Waals surface area contributed by atoms with E-state index in [2.05, 4.69) is 21.9 Å². The summed E-state index contributed by atoms with van der Waals surface area (Å²) in [5.74, 6) is -0.549. The summed E-state index contributed by atoms with van der Waals surface area (Å²) in [5, 5.41) is 7.63. The number of rotatable bonds is 7. The van der Waals surface area contributed by atoms with Crippen LogP contribution in [-0.4, -0.2) is 63.6 Å². The van der Waals surface area contributed by atoms with Crippen LogP contribution in [0.25, 0.3) is 11.3 Å². The van der Waals surface area contributed by atoms with Crippen LogP contribution < -0.4 is 5.32 Å². The Bertz CT molecular complexity index is 996. The molecule has 32 heavy (non-hydrogen) atoms. The van der Waals surface area contributed by atoms with Gasteiger partial charge in [-0.2, -0.15) is 5.10 Å². The van der Waals surface area contributed by atoms with Gasteiger partial charge in [0.15, 0.2) is 0 Å². The third-order valence-corrected chi connectivity index (χ3v) is 6.38. The van der Waals surface area contributed by atoms with Crippen LogP contribution in [0, 0.1) is 11.7 Å². The number of benzene rings is 1. The van der Waals surface area contributed by atoms with Crippen molar-refractivity contribution < 1.29 is 14.0 Å². The molecule has 3 heterocycles. The first-order valence-corrected chi connectivity index (χ1v) is 11.1. The topological polar surface area (TPSA) is 70.5 Å². The van der Waals surface area contributed by atoms with Gasteiger partial charge in [0.1, 0.15) is 5.82 Å². The molecule has 2 aromatic rings. The lowest BCUT2D eigenvalue weighted by Gasteiger charge is -2.32. The largest absolute Gasteiger partial charge is 0.353 e. The van der Waals surface area contributed by atoms with Crippen LogP contribution in [0.1, 0.15) is 25.0 Å². The van der Waals surface area contributed by atoms with Crippen molar-refractivity contribution in [1.29, 1.82) is 0 Å². The molecule has 1 N–H and O–H groups in total. The van der Waals surface area contributed by atoms with E-state index in [0.29, 0.717) is 24.3 Å². The normalized spacial score (nSPS) is 20.0. The van der Waals surface area contributed by atoms with E-state index in [1.54, 1.807) is 23.1 Å². The van der Waals surface area contributed by atoms with Gasteiger partial charge in [0.25, 0.3) is 0 Å². The van der Waals surface area contributed by atoms with Gasteiger partial charge in [-0.05, 0) is 31.0 Å². The van der Waals surface area contributed by atoms with E-state index in [1.807, 2.05) is 23.9 Å². The van der Waals surface area contributed by atoms with Crippen molar-refractivity contribution in [3.05, 3.63) is 54.5 Å². The number of likely N-dealkylation sites (tertiary alicyclic amines) is 2. The van der Waals surface area contributed by atoms with E-state index in [1.165, 1.54) is 6.07 Å². The minimum absolute atomic E-state index is 0.0193. The number of piperidine rings is 1. The molecule has 0 spiro atoms. The zero-order chi connectivity index (χ0) is 22.7. The Morgan fingerprint density at radius 3 is 2.78 bits per heavy atom. The van der Waals surface area contributed by atoms with Crippen molar-refractivity contribution in [3.63, 3.8) is 0 Å². The van der Waals surface area contributed by atoms with Crippen LogP contribution in [0.4, 0.5) is 4.39 Å². The lowest BCUT2D eigenvalue weighted by molar-refractivity contribution is -0.129. The second kappa shape index (κ2) is 9.65. The molecular formula is C24H30FN5O2. The molecule has 2 amide bonds. The molecule has 0 radical (unpaired) electrons. The predicted molar refractivity (Wildman–Crippen MR) is 120 cm³/mol. The second-order valence-corrected chi connectivity index (χ2v) is 8.67. The number of carbonyl (C=O) groups excluding carboxylic acids is 2. The van der Waals surface area contributed by atoms with E-state index in [9.17, 15) is 14.0 Å². The van der Waals surface area contributed by atoms with E-state index >= 15 is 0 Å². The van der Waals surface area contributed by atoms with Crippen molar-refractivity contribution in [3.8, 4) is 11.3 Å². The Morgan fingerprint density at radius 2 is 2.06 bits per heavy atom. The molecule has 2 saturated heterocycles. The molecule has 4 rings (SSSR count). The molecule has 1 aromatic heterocycles. The second-order valence-electron chi connectivity index (χ2n) is 8.67. The van der Waals surface area contributed by atoms with Crippen LogP contribution in [0.2, 0.25) is 0 Å². The van der Waals surface area contributed by atoms with Gasteiger partial charge < -0.3 is 10.2 Å². The van der Waals surface area contributed by atoms with Gasteiger partial charge in [-0.15, -0.1) is 6.58 Å². The van der Waals surface area contributed by atoms with Gasteiger partial charge in [0, 0.05) is 57.8 Å². The fourth-order valence-corrected chi connectivity index (χ4v) is 4.52. The number of halogens is 1. The molecule has 2 aliphatic rings. The SMILES string of the molecule is C=CCN1C[C@@H](C(=O)NC2CCN(Cc3cc(-c4ccccc4F)nn3C)CC2)CC1=O. The highest BCUT2D eigenvalue weighted by atomic mass is 19.1. The Labute approximate surface area is 187 Å². The molecule has 0 saturated carbocycles. The highest BCUT2D eigenvalue weighted by Gasteiger charge is 2.34. The zero-order valence-corrected chi connectivity index (χ0v) is 18.5. The molecule has 0 aliphatic carbocycles. The molecule has 1 aromatic carbocycles. The molecule has 7 nitrogen and oxygen atoms in total. The average molecular weight is 440 g/mol. The summed E-state index contributed by atoms with van der Waals surface area (Å²) in [6.07, 6.45) is 3.69. The maximum Gasteiger partial charge on any atom is 0.225 e. The predicted octanol–water partition coefficient (Wildman–Crippen LogP) is 2.34. The maximum absolute atomic E-state index is 14.1. The summed E-state index contributed by atoms with van der Waals surface area (Å²) in [4.78, 5) is 28.6. The van der Waals surface area contributed by atoms with Gasteiger partial charge in [-0.25, -0.2) is 4.39 Å². The van der Waals surface area contributed by atoms with E-state index in [4.69, 9.17) is 0 Å². The summed E-state index contributed by atoms with van der Waals surface area (Å²) < 4.78 is 15.9. The minimum atomic E-state index is -0.273. The summed E-state index contributed by atoms with van der Waals surface area (Å²) in [6, 6.07) is 8.74. The quantitative estimate of drug-likeness (QED) is 0.673. The van der Waals surface area contributed by atoms with Crippen LogP contribution in [0.5, 0.6) is 0 Å². The van der Waals surface area contributed by atoms with Crippen molar-refractivity contribution in [1.82, 2.24) is 24.9 Å². The molecule has 170 valence electrons. The first-order valence-electron chi connectivity index (χ1n) is 11.1. The molecule has 0 unspecified atom stereocenters. The first-order chi connectivity index (χ1) is 15.4. The van der Waals surface area contributed by atoms with Gasteiger partial charge in [0.2, 0.25) is 11.8 Å². The van der Waals surface area contributed by atoms with Crippen LogP contribution in [0.15, 0.2) is 43.0 Å². The van der Waals surface area contributed by atoms with Crippen molar-refractivity contribution in [2.45, 2.75) is 31.8 Å². The van der Waals surface area contributed by atoms with Gasteiger partial charge in [-0.1, -0.05) is 18.2 Å². The maximum atomic E-state index is 14.1. The first kappa shape index (κ1) is 22.2. The molecule has 0 bridgehead atoms. The molecule has 8 heteroatoms. The number of nitrogens with zero attached hydrogens (tertiary/aromatic N) is 4. The van der Waals surface area contributed by atoms with Gasteiger partial charge in [0.05, 0.1) is 17.3 Å². The number of aryl methyl sites for hydroxylation is 1. The zero-order valence-electron chi connectivity index (χ0n) is 18.5. The fraction of sp³-hybridized carbons (Fsp3) is 0.458. The van der Waals surface area contributed by atoms with Gasteiger partial charge in [-0.3, -0.25) is 19.2 Å². The average Bonchev–Trinajstić information content (AvgIpc) is 3.32.